The smallest absolute Gasteiger partial charge is 0.0779 e. The molecule has 0 aliphatic rings. The van der Waals surface area contributed by atoms with Crippen LogP contribution < -0.4 is 0 Å². The molecule has 0 aliphatic carbocycles. The zero-order valence-electron chi connectivity index (χ0n) is 7.28. The Hall–Kier alpha value is 0.177. The van der Waals surface area contributed by atoms with Crippen molar-refractivity contribution in [3.05, 3.63) is 0 Å². The molecule has 2 heteroatoms. The molecule has 0 bridgehead atoms. The lowest BCUT2D eigenvalue weighted by atomic mass is 10.3. The predicted octanol–water partition coefficient (Wildman–Crippen LogP) is 0.186. The topological polar surface area (TPSA) is 0 Å². The Kier molecular flexibility index (Phi) is 4.15. The fourth-order valence-corrected chi connectivity index (χ4v) is 1.06. The molecular formula is C7H20NSi+. The van der Waals surface area contributed by atoms with E-state index in [1.54, 1.807) is 0 Å². The Balaban J connectivity index is 3.33. The molecule has 0 heterocycles. The van der Waals surface area contributed by atoms with Gasteiger partial charge < -0.3 is 4.48 Å². The van der Waals surface area contributed by atoms with Crippen LogP contribution >= 0.6 is 0 Å². The molecule has 9 heavy (non-hydrogen) atoms. The van der Waals surface area contributed by atoms with Gasteiger partial charge in [0, 0.05) is 0 Å². The van der Waals surface area contributed by atoms with Gasteiger partial charge in [-0.2, -0.15) is 0 Å². The quantitative estimate of drug-likeness (QED) is 0.392. The average molecular weight is 146 g/mol. The molecule has 0 saturated carbocycles. The highest BCUT2D eigenvalue weighted by Crippen LogP contribution is 1.98. The monoisotopic (exact) mass is 146 g/mol. The highest BCUT2D eigenvalue weighted by molar-refractivity contribution is 6.08. The second-order valence-corrected chi connectivity index (χ2v) is 3.96. The van der Waals surface area contributed by atoms with Gasteiger partial charge in [0.25, 0.3) is 0 Å². The lowest BCUT2D eigenvalue weighted by molar-refractivity contribution is -0.879. The summed E-state index contributed by atoms with van der Waals surface area (Å²) in [4.78, 5) is 0. The largest absolute Gasteiger partial charge is 0.333 e. The van der Waals surface area contributed by atoms with Crippen molar-refractivity contribution in [2.45, 2.75) is 19.8 Å². The predicted molar refractivity (Wildman–Crippen MR) is 46.7 cm³/mol. The Bertz CT molecular complexity index is 71.3. The fourth-order valence-electron chi connectivity index (χ4n) is 0.744. The van der Waals surface area contributed by atoms with E-state index in [0.29, 0.717) is 0 Å². The number of hydrogen-bond acceptors (Lipinski definition) is 0. The van der Waals surface area contributed by atoms with Crippen LogP contribution in [0.15, 0.2) is 0 Å². The van der Waals surface area contributed by atoms with E-state index in [-0.39, 0.29) is 0 Å². The first kappa shape index (κ1) is 9.18. The summed E-state index contributed by atoms with van der Waals surface area (Å²) in [6.07, 6.45) is 4.11. The van der Waals surface area contributed by atoms with E-state index in [4.69, 9.17) is 0 Å². The molecule has 0 spiro atoms. The van der Waals surface area contributed by atoms with Crippen molar-refractivity contribution >= 4 is 10.2 Å². The molecule has 0 radical (unpaired) electrons. The molecule has 0 aromatic carbocycles. The Morgan fingerprint density at radius 2 is 1.89 bits per heavy atom. The Labute approximate surface area is 62.1 Å². The van der Waals surface area contributed by atoms with Gasteiger partial charge in [0.05, 0.1) is 37.1 Å². The van der Waals surface area contributed by atoms with E-state index < -0.39 is 0 Å². The molecule has 1 nitrogen and oxygen atoms in total. The van der Waals surface area contributed by atoms with Crippen LogP contribution in [0, 0.1) is 0 Å². The van der Waals surface area contributed by atoms with Crippen LogP contribution in [0.2, 0.25) is 0 Å². The van der Waals surface area contributed by atoms with Crippen LogP contribution in [-0.4, -0.2) is 41.5 Å². The van der Waals surface area contributed by atoms with Crippen molar-refractivity contribution in [3.63, 3.8) is 0 Å². The minimum atomic E-state index is 1.24. The van der Waals surface area contributed by atoms with E-state index >= 15 is 0 Å². The summed E-state index contributed by atoms with van der Waals surface area (Å²) in [6, 6.07) is 0. The number of unbranched alkanes of at least 4 members (excludes halogenated alkanes) is 1. The van der Waals surface area contributed by atoms with Crippen molar-refractivity contribution in [2.24, 2.45) is 0 Å². The number of nitrogens with zero attached hydrogens (tertiary/aromatic N) is 1. The van der Waals surface area contributed by atoms with Gasteiger partial charge >= 0.3 is 0 Å². The maximum absolute atomic E-state index is 2.32. The van der Waals surface area contributed by atoms with Gasteiger partial charge in [-0.05, 0) is 6.42 Å². The summed E-state index contributed by atoms with van der Waals surface area (Å²) in [6.45, 7) is 3.62. The first-order chi connectivity index (χ1) is 4.12. The van der Waals surface area contributed by atoms with Gasteiger partial charge in [0.2, 0.25) is 0 Å². The summed E-state index contributed by atoms with van der Waals surface area (Å²) in [5, 5.41) is 0. The first-order valence-corrected chi connectivity index (χ1v) is 5.36. The third-order valence-electron chi connectivity index (χ3n) is 1.97. The van der Waals surface area contributed by atoms with Crippen LogP contribution in [0.4, 0.5) is 0 Å². The molecule has 0 N–H and O–H groups in total. The molecule has 0 aromatic rings. The van der Waals surface area contributed by atoms with Crippen LogP contribution in [0.1, 0.15) is 19.8 Å². The Morgan fingerprint density at radius 1 is 1.33 bits per heavy atom. The van der Waals surface area contributed by atoms with Crippen molar-refractivity contribution < 1.29 is 4.48 Å². The second-order valence-electron chi connectivity index (χ2n) is 3.33. The van der Waals surface area contributed by atoms with E-state index in [2.05, 4.69) is 21.0 Å². The van der Waals surface area contributed by atoms with Gasteiger partial charge in [0.15, 0.2) is 0 Å². The normalized spacial score (nSPS) is 12.3. The number of hydrogen-bond donors (Lipinski definition) is 0. The van der Waals surface area contributed by atoms with Gasteiger partial charge in [-0.1, -0.05) is 13.3 Å². The summed E-state index contributed by atoms with van der Waals surface area (Å²) in [5.41, 5.74) is 0. The Morgan fingerprint density at radius 3 is 2.22 bits per heavy atom. The van der Waals surface area contributed by atoms with Crippen LogP contribution in [0.5, 0.6) is 0 Å². The maximum Gasteiger partial charge on any atom is 0.0779 e. The summed E-state index contributed by atoms with van der Waals surface area (Å²) in [7, 11) is 5.98. The van der Waals surface area contributed by atoms with Crippen molar-refractivity contribution in [1.82, 2.24) is 0 Å². The van der Waals surface area contributed by atoms with Crippen LogP contribution in [0.25, 0.3) is 0 Å². The third-order valence-corrected chi connectivity index (χ3v) is 3.69. The molecule has 0 fully saturated rings. The maximum atomic E-state index is 2.32. The lowest BCUT2D eigenvalue weighted by Crippen LogP contribution is -2.41. The van der Waals surface area contributed by atoms with Crippen LogP contribution in [0.3, 0.4) is 0 Å². The SMILES string of the molecule is CCCC[N+](C)(C)C[SiH3]. The molecular weight excluding hydrogens is 126 g/mol. The van der Waals surface area contributed by atoms with Gasteiger partial charge in [0.1, 0.15) is 0 Å². The highest BCUT2D eigenvalue weighted by Gasteiger charge is 2.08. The zero-order valence-corrected chi connectivity index (χ0v) is 9.28. The molecule has 0 aromatic heterocycles. The molecule has 0 atom stereocenters. The molecule has 0 aliphatic heterocycles. The zero-order chi connectivity index (χ0) is 7.33. The number of quaternary nitrogens is 1. The van der Waals surface area contributed by atoms with Crippen molar-refractivity contribution in [2.75, 3.05) is 26.8 Å². The lowest BCUT2D eigenvalue weighted by Gasteiger charge is -2.28. The molecule has 0 amide bonds. The van der Waals surface area contributed by atoms with Gasteiger partial charge in [-0.25, -0.2) is 0 Å². The van der Waals surface area contributed by atoms with Gasteiger partial charge in [-0.15, -0.1) is 0 Å². The number of rotatable bonds is 4. The molecule has 0 saturated heterocycles. The summed E-state index contributed by atoms with van der Waals surface area (Å²) in [5.74, 6) is 0. The van der Waals surface area contributed by atoms with E-state index in [1.807, 2.05) is 0 Å². The van der Waals surface area contributed by atoms with Crippen molar-refractivity contribution in [1.29, 1.82) is 0 Å². The molecule has 0 unspecified atom stereocenters. The third kappa shape index (κ3) is 4.67. The van der Waals surface area contributed by atoms with E-state index in [0.717, 1.165) is 0 Å². The van der Waals surface area contributed by atoms with Crippen LogP contribution in [-0.2, 0) is 0 Å². The second kappa shape index (κ2) is 4.07. The molecule has 0 rings (SSSR count). The standard InChI is InChI=1S/C7H20NSi/c1-4-5-6-8(2,3)7-9/h4-7H2,1-3,9H3/q+1. The molecule has 56 valence electrons. The fraction of sp³-hybridized carbons (Fsp3) is 1.00. The minimum Gasteiger partial charge on any atom is -0.333 e. The van der Waals surface area contributed by atoms with E-state index in [1.165, 1.54) is 40.3 Å². The van der Waals surface area contributed by atoms with Gasteiger partial charge in [-0.3, -0.25) is 0 Å². The van der Waals surface area contributed by atoms with E-state index in [9.17, 15) is 0 Å². The minimum absolute atomic E-state index is 1.24. The summed E-state index contributed by atoms with van der Waals surface area (Å²) >= 11 is 0. The highest BCUT2D eigenvalue weighted by atomic mass is 28.1. The first-order valence-electron chi connectivity index (χ1n) is 3.94. The van der Waals surface area contributed by atoms with Crippen molar-refractivity contribution in [3.8, 4) is 0 Å². The summed E-state index contributed by atoms with van der Waals surface area (Å²) < 4.78 is 1.24. The average Bonchev–Trinajstić information content (AvgIpc) is 1.84.